The second-order valence-electron chi connectivity index (χ2n) is 9.12. The van der Waals surface area contributed by atoms with Gasteiger partial charge in [0, 0.05) is 26.3 Å². The van der Waals surface area contributed by atoms with E-state index in [-0.39, 0.29) is 0 Å². The van der Waals surface area contributed by atoms with Crippen molar-refractivity contribution >= 4 is 21.6 Å². The Labute approximate surface area is 235 Å². The van der Waals surface area contributed by atoms with Gasteiger partial charge in [0.2, 0.25) is 11.7 Å². The summed E-state index contributed by atoms with van der Waals surface area (Å²) in [6.07, 6.45) is -11.2. The molecule has 11 atom stereocenters. The smallest absolute Gasteiger partial charge is 0.330 e. The molecule has 0 aliphatic carbocycles. The van der Waals surface area contributed by atoms with E-state index in [4.69, 9.17) is 14.2 Å². The van der Waals surface area contributed by atoms with Gasteiger partial charge in [-0.15, -0.1) is 0 Å². The Hall–Kier alpha value is -1.91. The second-order valence-corrected chi connectivity index (χ2v) is 12.1. The molecule has 21 nitrogen and oxygen atoms in total. The molecule has 1 amide bonds. The van der Waals surface area contributed by atoms with E-state index in [2.05, 4.69) is 18.7 Å². The van der Waals surface area contributed by atoms with Crippen LogP contribution in [0.15, 0.2) is 21.9 Å². The van der Waals surface area contributed by atoms with E-state index in [1.165, 1.54) is 0 Å². The lowest BCUT2D eigenvalue weighted by atomic mass is 9.90. The summed E-state index contributed by atoms with van der Waals surface area (Å²) in [5.41, 5.74) is -1.79. The summed E-state index contributed by atoms with van der Waals surface area (Å²) in [5.74, 6) is -3.19. The van der Waals surface area contributed by atoms with Crippen LogP contribution in [0.1, 0.15) is 13.2 Å². The van der Waals surface area contributed by atoms with Crippen molar-refractivity contribution in [3.05, 3.63) is 33.1 Å². The molecule has 1 aromatic heterocycles. The van der Waals surface area contributed by atoms with Crippen molar-refractivity contribution < 1.29 is 76.8 Å². The number of H-pyrrole nitrogens is 1. The number of nitrogens with zero attached hydrogens (tertiary/aromatic N) is 1. The number of aromatic nitrogens is 2. The van der Waals surface area contributed by atoms with Crippen LogP contribution in [0, 0.1) is 0 Å². The predicted octanol–water partition coefficient (Wildman–Crippen LogP) is -5.90. The van der Waals surface area contributed by atoms with Crippen LogP contribution in [0.25, 0.3) is 0 Å². The van der Waals surface area contributed by atoms with Gasteiger partial charge in [-0.3, -0.25) is 28.3 Å². The van der Waals surface area contributed by atoms with Gasteiger partial charge in [-0.2, -0.15) is 0 Å². The van der Waals surface area contributed by atoms with Gasteiger partial charge in [-0.25, -0.2) is 9.11 Å². The Morgan fingerprint density at radius 1 is 1.10 bits per heavy atom. The summed E-state index contributed by atoms with van der Waals surface area (Å²) in [7, 11) is -10.8. The van der Waals surface area contributed by atoms with Crippen molar-refractivity contribution in [2.75, 3.05) is 26.9 Å². The summed E-state index contributed by atoms with van der Waals surface area (Å²) in [4.78, 5) is 61.3. The van der Waals surface area contributed by atoms with Gasteiger partial charge in [0.1, 0.15) is 49.3 Å². The fourth-order valence-corrected chi connectivity index (χ4v) is 6.25. The van der Waals surface area contributed by atoms with Crippen LogP contribution in [0.2, 0.25) is 0 Å². The topological polar surface area (TPSA) is 321 Å². The SMILES string of the molecule is CO[C@@]1(COP(=O)([O-])OP(=O)([O-])OC[C@H]2O[C@@H](n3ccc(=O)[nH]c3=O)[C@H](O)[C@@H]2O)O[C@H](CO)[C@@H](O)[C@H](O)[C@@H]1NC(C)=O. The standard InChI is InChI=1S/C19H31N3O18P2/c1-8(24)20-16-14(28)12(26)9(5-23)39-19(16,35-2)7-37-42(33,34)40-41(31,32)36-6-10-13(27)15(29)17(38-10)22-4-3-11(25)21-18(22)30/h3-4,9-10,12-17,23,26-29H,5-7H2,1-2H3,(H,20,24)(H,31,32)(H,33,34)(H,21,25,30)/p-2/t9-,10-,12-,13-,14+,15-,16+,17-,19+/m1/s1. The largest absolute Gasteiger partial charge is 0.756 e. The third kappa shape index (κ3) is 7.78. The van der Waals surface area contributed by atoms with Crippen molar-refractivity contribution in [3.8, 4) is 0 Å². The van der Waals surface area contributed by atoms with E-state index >= 15 is 0 Å². The minimum atomic E-state index is -5.88. The summed E-state index contributed by atoms with van der Waals surface area (Å²) in [5, 5.41) is 52.6. The number of ether oxygens (including phenoxy) is 3. The summed E-state index contributed by atoms with van der Waals surface area (Å²) in [6, 6.07) is -0.778. The van der Waals surface area contributed by atoms with Crippen LogP contribution in [0.3, 0.4) is 0 Å². The Morgan fingerprint density at radius 2 is 1.71 bits per heavy atom. The minimum absolute atomic E-state index is 0.701. The van der Waals surface area contributed by atoms with Crippen molar-refractivity contribution in [3.63, 3.8) is 0 Å². The lowest BCUT2D eigenvalue weighted by molar-refractivity contribution is -0.340. The zero-order valence-electron chi connectivity index (χ0n) is 21.8. The van der Waals surface area contributed by atoms with Crippen LogP contribution in [-0.2, 0) is 41.5 Å². The highest BCUT2D eigenvalue weighted by atomic mass is 31.3. The first kappa shape index (κ1) is 34.6. The number of aliphatic hydroxyl groups excluding tert-OH is 5. The molecule has 0 aromatic carbocycles. The summed E-state index contributed by atoms with van der Waals surface area (Å²) >= 11 is 0. The lowest BCUT2D eigenvalue weighted by Gasteiger charge is -2.49. The number of nitrogens with one attached hydrogen (secondary N) is 2. The molecule has 2 aliphatic heterocycles. The number of carbonyl (C=O) groups is 1. The molecule has 0 saturated carbocycles. The van der Waals surface area contributed by atoms with E-state index in [1.54, 1.807) is 0 Å². The fraction of sp³-hybridized carbons (Fsp3) is 0.737. The molecule has 3 rings (SSSR count). The minimum Gasteiger partial charge on any atom is -0.756 e. The number of methoxy groups -OCH3 is 1. The fourth-order valence-electron chi connectivity index (χ4n) is 4.22. The molecule has 2 unspecified atom stereocenters. The lowest BCUT2D eigenvalue weighted by Crippen LogP contribution is -2.72. The molecular weight excluding hydrogens is 620 g/mol. The third-order valence-electron chi connectivity index (χ3n) is 6.26. The van der Waals surface area contributed by atoms with Gasteiger partial charge in [-0.05, 0) is 0 Å². The van der Waals surface area contributed by atoms with Crippen molar-refractivity contribution in [2.45, 2.75) is 61.6 Å². The summed E-state index contributed by atoms with van der Waals surface area (Å²) in [6.45, 7) is -2.28. The molecule has 7 N–H and O–H groups in total. The van der Waals surface area contributed by atoms with Crippen LogP contribution in [-0.4, -0.2) is 116 Å². The number of aliphatic hydroxyl groups is 5. The average molecular weight is 649 g/mol. The zero-order chi connectivity index (χ0) is 31.6. The van der Waals surface area contributed by atoms with Crippen LogP contribution >= 0.6 is 15.6 Å². The van der Waals surface area contributed by atoms with E-state index in [0.717, 1.165) is 26.3 Å². The Bertz CT molecular complexity index is 1320. The van der Waals surface area contributed by atoms with Crippen molar-refractivity contribution in [1.82, 2.24) is 14.9 Å². The molecule has 0 radical (unpaired) electrons. The molecule has 23 heteroatoms. The van der Waals surface area contributed by atoms with E-state index in [1.807, 2.05) is 4.98 Å². The number of phosphoric ester groups is 2. The predicted molar refractivity (Wildman–Crippen MR) is 127 cm³/mol. The van der Waals surface area contributed by atoms with E-state index in [9.17, 15) is 58.8 Å². The van der Waals surface area contributed by atoms with Gasteiger partial charge >= 0.3 is 5.69 Å². The van der Waals surface area contributed by atoms with Crippen molar-refractivity contribution in [1.29, 1.82) is 0 Å². The number of hydrogen-bond acceptors (Lipinski definition) is 18. The first-order chi connectivity index (χ1) is 19.5. The zero-order valence-corrected chi connectivity index (χ0v) is 23.6. The highest BCUT2D eigenvalue weighted by Crippen LogP contribution is 2.56. The maximum absolute atomic E-state index is 12.4. The van der Waals surface area contributed by atoms with Crippen molar-refractivity contribution in [2.24, 2.45) is 0 Å². The Morgan fingerprint density at radius 3 is 2.29 bits per heavy atom. The normalized spacial score (nSPS) is 36.2. The first-order valence-corrected chi connectivity index (χ1v) is 14.8. The maximum atomic E-state index is 12.4. The molecule has 42 heavy (non-hydrogen) atoms. The highest BCUT2D eigenvalue weighted by molar-refractivity contribution is 7.59. The van der Waals surface area contributed by atoms with E-state index < -0.39 is 107 Å². The highest BCUT2D eigenvalue weighted by Gasteiger charge is 2.56. The van der Waals surface area contributed by atoms with Gasteiger partial charge in [0.05, 0.1) is 13.2 Å². The molecule has 1 aromatic rings. The number of hydrogen-bond donors (Lipinski definition) is 7. The molecular formula is C19H29N3O18P2-2. The van der Waals surface area contributed by atoms with Gasteiger partial charge in [0.15, 0.2) is 6.23 Å². The maximum Gasteiger partial charge on any atom is 0.330 e. The number of rotatable bonds is 12. The van der Waals surface area contributed by atoms with Gasteiger partial charge in [0.25, 0.3) is 21.2 Å². The molecule has 0 bridgehead atoms. The molecule has 0 spiro atoms. The first-order valence-electron chi connectivity index (χ1n) is 11.9. The van der Waals surface area contributed by atoms with Gasteiger partial charge < -0.3 is 63.9 Å². The number of phosphoric acid groups is 2. The second kappa shape index (κ2) is 13.4. The molecule has 2 aliphatic rings. The molecule has 240 valence electrons. The monoisotopic (exact) mass is 649 g/mol. The quantitative estimate of drug-likeness (QED) is 0.104. The average Bonchev–Trinajstić information content (AvgIpc) is 3.18. The number of carbonyl (C=O) groups excluding carboxylic acids is 1. The van der Waals surface area contributed by atoms with Gasteiger partial charge in [-0.1, -0.05) is 0 Å². The van der Waals surface area contributed by atoms with Crippen LogP contribution in [0.4, 0.5) is 0 Å². The third-order valence-corrected chi connectivity index (χ3v) is 8.78. The molecule has 3 heterocycles. The molecule has 2 saturated heterocycles. The number of aromatic amines is 1. The Balaban J connectivity index is 1.67. The Kier molecular flexibility index (Phi) is 11.0. The van der Waals surface area contributed by atoms with Crippen LogP contribution in [0.5, 0.6) is 0 Å². The molecule has 2 fully saturated rings. The van der Waals surface area contributed by atoms with Crippen LogP contribution < -0.4 is 26.4 Å². The summed E-state index contributed by atoms with van der Waals surface area (Å²) < 4.78 is 54.0. The number of amides is 1. The van der Waals surface area contributed by atoms with E-state index in [0.29, 0.717) is 4.57 Å².